The molecule has 0 spiro atoms. The van der Waals surface area contributed by atoms with Gasteiger partial charge in [0.2, 0.25) is 0 Å². The van der Waals surface area contributed by atoms with Gasteiger partial charge >= 0.3 is 0 Å². The minimum atomic E-state index is 0.266. The van der Waals surface area contributed by atoms with Gasteiger partial charge in [-0.1, -0.05) is 164 Å². The van der Waals surface area contributed by atoms with E-state index in [1.165, 1.54) is 77.0 Å². The lowest BCUT2D eigenvalue weighted by atomic mass is 9.71. The maximum absolute atomic E-state index is 6.85. The standard InChI is InChI=1S/C46H30O/c1-2-14-29(15-3-1)31-16-4-7-19-34(31)44-38-23-11-9-21-36(38)43(37-22-10-12-24-39(37)44)30-26-27-41-42(28-30)47-46-40-25-13-6-18-33(40)32-17-5-8-20-35(32)45(41)46/h1-28,32,35H. The van der Waals surface area contributed by atoms with Crippen LogP contribution in [-0.4, -0.2) is 0 Å². The van der Waals surface area contributed by atoms with E-state index in [1.54, 1.807) is 0 Å². The fourth-order valence-corrected chi connectivity index (χ4v) is 8.28. The molecule has 0 N–H and O–H groups in total. The summed E-state index contributed by atoms with van der Waals surface area (Å²) in [6, 6.07) is 53.0. The molecule has 0 saturated heterocycles. The predicted octanol–water partition coefficient (Wildman–Crippen LogP) is 12.7. The molecule has 10 rings (SSSR count). The SMILES string of the molecule is C1=CC2c3ccccc3-c3oc4cc(-c5c6ccccc6c(-c6ccccc6-c6ccccc6)c6ccccc56)ccc4c3C2C=C1. The van der Waals surface area contributed by atoms with Crippen molar-refractivity contribution < 1.29 is 4.42 Å². The molecular formula is C46H30O. The van der Waals surface area contributed by atoms with Gasteiger partial charge in [0.15, 0.2) is 0 Å². The normalized spacial score (nSPS) is 16.3. The van der Waals surface area contributed by atoms with Gasteiger partial charge in [-0.2, -0.15) is 0 Å². The van der Waals surface area contributed by atoms with Crippen molar-refractivity contribution in [2.45, 2.75) is 11.8 Å². The van der Waals surface area contributed by atoms with E-state index in [0.717, 1.165) is 11.3 Å². The van der Waals surface area contributed by atoms with Crippen molar-refractivity contribution in [3.05, 3.63) is 181 Å². The largest absolute Gasteiger partial charge is 0.456 e. The fourth-order valence-electron chi connectivity index (χ4n) is 8.28. The van der Waals surface area contributed by atoms with Crippen LogP contribution in [0.1, 0.15) is 23.0 Å². The fraction of sp³-hybridized carbons (Fsp3) is 0.0435. The number of hydrogen-bond acceptors (Lipinski definition) is 1. The Bertz CT molecular complexity index is 2520. The first-order chi connectivity index (χ1) is 23.3. The van der Waals surface area contributed by atoms with Crippen LogP contribution in [0.3, 0.4) is 0 Å². The molecule has 0 radical (unpaired) electrons. The highest BCUT2D eigenvalue weighted by Crippen LogP contribution is 2.53. The molecule has 0 amide bonds. The van der Waals surface area contributed by atoms with Gasteiger partial charge in [0.05, 0.1) is 0 Å². The molecule has 8 aromatic rings. The van der Waals surface area contributed by atoms with Gasteiger partial charge in [-0.05, 0) is 66.6 Å². The highest BCUT2D eigenvalue weighted by atomic mass is 16.3. The van der Waals surface area contributed by atoms with Crippen LogP contribution in [-0.2, 0) is 0 Å². The zero-order valence-corrected chi connectivity index (χ0v) is 25.7. The number of rotatable bonds is 3. The van der Waals surface area contributed by atoms with Crippen molar-refractivity contribution >= 4 is 32.5 Å². The van der Waals surface area contributed by atoms with Crippen LogP contribution < -0.4 is 0 Å². The van der Waals surface area contributed by atoms with Gasteiger partial charge in [0.1, 0.15) is 11.3 Å². The Morgan fingerprint density at radius 2 is 0.979 bits per heavy atom. The van der Waals surface area contributed by atoms with E-state index in [4.69, 9.17) is 4.42 Å². The third-order valence-electron chi connectivity index (χ3n) is 10.3. The second-order valence-corrected chi connectivity index (χ2v) is 12.7. The van der Waals surface area contributed by atoms with E-state index in [9.17, 15) is 0 Å². The molecule has 7 aromatic carbocycles. The predicted molar refractivity (Wildman–Crippen MR) is 197 cm³/mol. The summed E-state index contributed by atoms with van der Waals surface area (Å²) in [5, 5.41) is 6.19. The Morgan fingerprint density at radius 3 is 1.70 bits per heavy atom. The number of fused-ring (bicyclic) bond motifs is 10. The minimum Gasteiger partial charge on any atom is -0.456 e. The molecule has 2 aliphatic carbocycles. The van der Waals surface area contributed by atoms with Crippen LogP contribution in [0.5, 0.6) is 0 Å². The van der Waals surface area contributed by atoms with Crippen LogP contribution in [0.15, 0.2) is 174 Å². The monoisotopic (exact) mass is 598 g/mol. The Hall–Kier alpha value is -5.92. The quantitative estimate of drug-likeness (QED) is 0.184. The summed E-state index contributed by atoms with van der Waals surface area (Å²) in [6.45, 7) is 0. The third-order valence-corrected chi connectivity index (χ3v) is 10.3. The molecule has 1 nitrogen and oxygen atoms in total. The van der Waals surface area contributed by atoms with E-state index in [1.807, 2.05) is 0 Å². The number of hydrogen-bond donors (Lipinski definition) is 0. The molecule has 2 aliphatic rings. The van der Waals surface area contributed by atoms with Crippen molar-refractivity contribution in [2.75, 3.05) is 0 Å². The van der Waals surface area contributed by atoms with Crippen LogP contribution >= 0.6 is 0 Å². The molecule has 2 atom stereocenters. The highest BCUT2D eigenvalue weighted by molar-refractivity contribution is 6.22. The second-order valence-electron chi connectivity index (χ2n) is 12.7. The highest BCUT2D eigenvalue weighted by Gasteiger charge is 2.36. The average Bonchev–Trinajstić information content (AvgIpc) is 3.54. The maximum Gasteiger partial charge on any atom is 0.139 e. The molecule has 2 unspecified atom stereocenters. The van der Waals surface area contributed by atoms with Crippen molar-refractivity contribution in [1.82, 2.24) is 0 Å². The Morgan fingerprint density at radius 1 is 0.404 bits per heavy atom. The molecule has 0 fully saturated rings. The van der Waals surface area contributed by atoms with Crippen molar-refractivity contribution in [3.63, 3.8) is 0 Å². The summed E-state index contributed by atoms with van der Waals surface area (Å²) in [5.74, 6) is 1.60. The van der Waals surface area contributed by atoms with Crippen LogP contribution in [0, 0.1) is 0 Å². The molecule has 220 valence electrons. The van der Waals surface area contributed by atoms with Gasteiger partial charge in [-0.3, -0.25) is 0 Å². The van der Waals surface area contributed by atoms with E-state index in [0.29, 0.717) is 5.92 Å². The Kier molecular flexibility index (Phi) is 5.77. The van der Waals surface area contributed by atoms with Crippen LogP contribution in [0.2, 0.25) is 0 Å². The van der Waals surface area contributed by atoms with Gasteiger partial charge < -0.3 is 4.42 Å². The number of furan rings is 1. The van der Waals surface area contributed by atoms with Gasteiger partial charge in [-0.15, -0.1) is 0 Å². The number of benzene rings is 7. The summed E-state index contributed by atoms with van der Waals surface area (Å²) in [5.41, 5.74) is 12.2. The summed E-state index contributed by atoms with van der Waals surface area (Å²) in [7, 11) is 0. The zero-order valence-electron chi connectivity index (χ0n) is 25.7. The van der Waals surface area contributed by atoms with Gasteiger partial charge in [-0.25, -0.2) is 0 Å². The first-order valence-electron chi connectivity index (χ1n) is 16.4. The smallest absolute Gasteiger partial charge is 0.139 e. The molecular weight excluding hydrogens is 569 g/mol. The lowest BCUT2D eigenvalue weighted by molar-refractivity contribution is 0.605. The first kappa shape index (κ1) is 26.3. The van der Waals surface area contributed by atoms with E-state index in [-0.39, 0.29) is 5.92 Å². The van der Waals surface area contributed by atoms with E-state index in [2.05, 4.69) is 170 Å². The number of allylic oxidation sites excluding steroid dienone is 4. The van der Waals surface area contributed by atoms with Gasteiger partial charge in [0.25, 0.3) is 0 Å². The molecule has 1 heteroatoms. The summed E-state index contributed by atoms with van der Waals surface area (Å²) in [4.78, 5) is 0. The average molecular weight is 599 g/mol. The van der Waals surface area contributed by atoms with Crippen molar-refractivity contribution in [2.24, 2.45) is 0 Å². The Labute approximate surface area is 273 Å². The molecule has 1 aromatic heterocycles. The van der Waals surface area contributed by atoms with E-state index >= 15 is 0 Å². The first-order valence-corrected chi connectivity index (χ1v) is 16.4. The Balaban J connectivity index is 1.24. The minimum absolute atomic E-state index is 0.266. The summed E-state index contributed by atoms with van der Waals surface area (Å²) < 4.78 is 6.85. The summed E-state index contributed by atoms with van der Waals surface area (Å²) in [6.07, 6.45) is 9.05. The molecule has 1 heterocycles. The zero-order chi connectivity index (χ0) is 30.9. The van der Waals surface area contributed by atoms with Crippen molar-refractivity contribution in [1.29, 1.82) is 0 Å². The molecule has 0 bridgehead atoms. The topological polar surface area (TPSA) is 13.1 Å². The lowest BCUT2D eigenvalue weighted by Gasteiger charge is -2.31. The van der Waals surface area contributed by atoms with Crippen molar-refractivity contribution in [3.8, 4) is 44.7 Å². The van der Waals surface area contributed by atoms with Crippen LogP contribution in [0.4, 0.5) is 0 Å². The maximum atomic E-state index is 6.85. The van der Waals surface area contributed by atoms with Crippen LogP contribution in [0.25, 0.3) is 77.2 Å². The summed E-state index contributed by atoms with van der Waals surface area (Å²) >= 11 is 0. The second kappa shape index (κ2) is 10.3. The molecule has 0 saturated carbocycles. The van der Waals surface area contributed by atoms with Gasteiger partial charge in [0, 0.05) is 28.3 Å². The molecule has 0 aliphatic heterocycles. The molecule has 47 heavy (non-hydrogen) atoms. The van der Waals surface area contributed by atoms with E-state index < -0.39 is 0 Å². The third kappa shape index (κ3) is 3.90. The lowest BCUT2D eigenvalue weighted by Crippen LogP contribution is -2.15.